The van der Waals surface area contributed by atoms with Gasteiger partial charge in [0.05, 0.1) is 17.4 Å². The Morgan fingerprint density at radius 3 is 2.85 bits per heavy atom. The maximum atomic E-state index is 13.5. The van der Waals surface area contributed by atoms with Crippen LogP contribution in [0.4, 0.5) is 10.1 Å². The van der Waals surface area contributed by atoms with Crippen molar-refractivity contribution in [3.63, 3.8) is 0 Å². The molecule has 6 nitrogen and oxygen atoms in total. The summed E-state index contributed by atoms with van der Waals surface area (Å²) in [6.45, 7) is 0. The molecular formula is C12H11FN4O2S. The second-order valence-corrected chi connectivity index (χ2v) is 6.00. The first-order valence-corrected chi connectivity index (χ1v) is 7.23. The third-order valence-corrected chi connectivity index (χ3v) is 4.23. The molecule has 2 aromatic heterocycles. The zero-order valence-electron chi connectivity index (χ0n) is 10.5. The first kappa shape index (κ1) is 12.7. The van der Waals surface area contributed by atoms with E-state index >= 15 is 0 Å². The van der Waals surface area contributed by atoms with E-state index < -0.39 is 15.8 Å². The fourth-order valence-corrected chi connectivity index (χ4v) is 3.00. The number of sulfonamides is 1. The minimum absolute atomic E-state index is 0.0454. The smallest absolute Gasteiger partial charge is 0.265 e. The number of benzene rings is 1. The monoisotopic (exact) mass is 294 g/mol. The number of H-pyrrole nitrogens is 1. The lowest BCUT2D eigenvalue weighted by atomic mass is 10.2. The van der Waals surface area contributed by atoms with Crippen LogP contribution in [-0.4, -0.2) is 23.2 Å². The van der Waals surface area contributed by atoms with Crippen LogP contribution in [0.1, 0.15) is 0 Å². The number of aryl methyl sites for hydroxylation is 1. The molecule has 0 bridgehead atoms. The standard InChI is InChI=1S/C12H11FN4O2S/c1-17-7-8(6-15-17)20(18,19)16-11-3-2-10(13)9-4-5-14-12(9)11/h2-7,14,16H,1H3. The van der Waals surface area contributed by atoms with Crippen molar-refractivity contribution in [2.75, 3.05) is 4.72 Å². The van der Waals surface area contributed by atoms with Crippen LogP contribution in [-0.2, 0) is 17.1 Å². The van der Waals surface area contributed by atoms with Crippen molar-refractivity contribution in [2.45, 2.75) is 4.90 Å². The molecule has 3 rings (SSSR count). The van der Waals surface area contributed by atoms with Crippen LogP contribution < -0.4 is 4.72 Å². The van der Waals surface area contributed by atoms with Crippen LogP contribution in [0.2, 0.25) is 0 Å². The van der Waals surface area contributed by atoms with Gasteiger partial charge in [-0.25, -0.2) is 12.8 Å². The van der Waals surface area contributed by atoms with Gasteiger partial charge in [-0.1, -0.05) is 0 Å². The Balaban J connectivity index is 2.05. The molecule has 8 heteroatoms. The Morgan fingerprint density at radius 2 is 2.15 bits per heavy atom. The van der Waals surface area contributed by atoms with Crippen LogP contribution in [0.25, 0.3) is 10.9 Å². The molecule has 0 fully saturated rings. The van der Waals surface area contributed by atoms with Crippen molar-refractivity contribution in [1.29, 1.82) is 0 Å². The largest absolute Gasteiger partial charge is 0.359 e. The molecule has 0 aliphatic rings. The summed E-state index contributed by atoms with van der Waals surface area (Å²) in [5.74, 6) is -0.412. The van der Waals surface area contributed by atoms with Gasteiger partial charge in [0.1, 0.15) is 10.7 Å². The molecule has 0 aliphatic carbocycles. The van der Waals surface area contributed by atoms with Gasteiger partial charge in [0, 0.05) is 24.8 Å². The normalized spacial score (nSPS) is 11.9. The molecular weight excluding hydrogens is 283 g/mol. The van der Waals surface area contributed by atoms with Crippen molar-refractivity contribution in [1.82, 2.24) is 14.8 Å². The van der Waals surface area contributed by atoms with Gasteiger partial charge in [-0.2, -0.15) is 5.10 Å². The number of nitrogens with zero attached hydrogens (tertiary/aromatic N) is 2. The average molecular weight is 294 g/mol. The maximum Gasteiger partial charge on any atom is 0.265 e. The number of anilines is 1. The topological polar surface area (TPSA) is 79.8 Å². The highest BCUT2D eigenvalue weighted by Gasteiger charge is 2.18. The van der Waals surface area contributed by atoms with Crippen LogP contribution in [0.3, 0.4) is 0 Å². The van der Waals surface area contributed by atoms with Crippen molar-refractivity contribution in [3.05, 3.63) is 42.6 Å². The minimum atomic E-state index is -3.75. The van der Waals surface area contributed by atoms with Gasteiger partial charge in [-0.05, 0) is 18.2 Å². The van der Waals surface area contributed by atoms with E-state index in [-0.39, 0.29) is 10.6 Å². The van der Waals surface area contributed by atoms with Crippen molar-refractivity contribution >= 4 is 26.6 Å². The zero-order chi connectivity index (χ0) is 14.3. The highest BCUT2D eigenvalue weighted by Crippen LogP contribution is 2.26. The number of hydrogen-bond acceptors (Lipinski definition) is 3. The molecule has 0 radical (unpaired) electrons. The van der Waals surface area contributed by atoms with Gasteiger partial charge in [0.2, 0.25) is 0 Å². The van der Waals surface area contributed by atoms with Crippen molar-refractivity contribution < 1.29 is 12.8 Å². The fourth-order valence-electron chi connectivity index (χ4n) is 1.95. The summed E-state index contributed by atoms with van der Waals surface area (Å²) in [6.07, 6.45) is 4.19. The zero-order valence-corrected chi connectivity index (χ0v) is 11.3. The fraction of sp³-hybridized carbons (Fsp3) is 0.0833. The number of hydrogen-bond donors (Lipinski definition) is 2. The Hall–Kier alpha value is -2.35. The van der Waals surface area contributed by atoms with Crippen LogP contribution in [0.5, 0.6) is 0 Å². The van der Waals surface area contributed by atoms with E-state index in [9.17, 15) is 12.8 Å². The summed E-state index contributed by atoms with van der Waals surface area (Å²) in [5.41, 5.74) is 0.688. The summed E-state index contributed by atoms with van der Waals surface area (Å²) in [6, 6.07) is 4.14. The average Bonchev–Trinajstić information content (AvgIpc) is 3.01. The Kier molecular flexibility index (Phi) is 2.75. The minimum Gasteiger partial charge on any atom is -0.359 e. The van der Waals surface area contributed by atoms with Gasteiger partial charge in [-0.3, -0.25) is 9.40 Å². The van der Waals surface area contributed by atoms with Gasteiger partial charge in [0.25, 0.3) is 10.0 Å². The van der Waals surface area contributed by atoms with Gasteiger partial charge >= 0.3 is 0 Å². The SMILES string of the molecule is Cn1cc(S(=O)(=O)Nc2ccc(F)c3cc[nH]c23)cn1. The molecule has 2 N–H and O–H groups in total. The summed E-state index contributed by atoms with van der Waals surface area (Å²) in [5, 5.41) is 4.15. The van der Waals surface area contributed by atoms with E-state index in [1.807, 2.05) is 0 Å². The molecule has 0 saturated heterocycles. The first-order valence-electron chi connectivity index (χ1n) is 5.74. The summed E-state index contributed by atoms with van der Waals surface area (Å²) in [4.78, 5) is 2.87. The molecule has 3 aromatic rings. The van der Waals surface area contributed by atoms with E-state index in [2.05, 4.69) is 14.8 Å². The second-order valence-electron chi connectivity index (χ2n) is 4.32. The summed E-state index contributed by atoms with van der Waals surface area (Å²) < 4.78 is 41.8. The van der Waals surface area contributed by atoms with Crippen LogP contribution in [0.15, 0.2) is 41.7 Å². The number of aromatic nitrogens is 3. The number of aromatic amines is 1. The number of nitrogens with one attached hydrogen (secondary N) is 2. The molecule has 0 atom stereocenters. The lowest BCUT2D eigenvalue weighted by Gasteiger charge is -2.07. The van der Waals surface area contributed by atoms with E-state index in [0.29, 0.717) is 10.9 Å². The van der Waals surface area contributed by atoms with E-state index in [4.69, 9.17) is 0 Å². The first-order chi connectivity index (χ1) is 9.47. The highest BCUT2D eigenvalue weighted by atomic mass is 32.2. The quantitative estimate of drug-likeness (QED) is 0.773. The number of fused-ring (bicyclic) bond motifs is 1. The summed E-state index contributed by atoms with van der Waals surface area (Å²) >= 11 is 0. The second kappa shape index (κ2) is 4.34. The summed E-state index contributed by atoms with van der Waals surface area (Å²) in [7, 11) is -2.13. The van der Waals surface area contributed by atoms with Crippen molar-refractivity contribution in [2.24, 2.45) is 7.05 Å². The molecule has 0 amide bonds. The van der Waals surface area contributed by atoms with E-state index in [1.54, 1.807) is 19.3 Å². The molecule has 0 unspecified atom stereocenters. The molecule has 2 heterocycles. The third-order valence-electron chi connectivity index (χ3n) is 2.91. The number of halogens is 1. The molecule has 20 heavy (non-hydrogen) atoms. The molecule has 1 aromatic carbocycles. The third kappa shape index (κ3) is 2.03. The predicted octanol–water partition coefficient (Wildman–Crippen LogP) is 1.84. The van der Waals surface area contributed by atoms with Gasteiger partial charge in [-0.15, -0.1) is 0 Å². The Morgan fingerprint density at radius 1 is 1.35 bits per heavy atom. The predicted molar refractivity (Wildman–Crippen MR) is 72.3 cm³/mol. The van der Waals surface area contributed by atoms with Crippen molar-refractivity contribution in [3.8, 4) is 0 Å². The lowest BCUT2D eigenvalue weighted by molar-refractivity contribution is 0.601. The molecule has 104 valence electrons. The van der Waals surface area contributed by atoms with E-state index in [1.165, 1.54) is 29.2 Å². The Bertz CT molecular complexity index is 882. The molecule has 0 spiro atoms. The molecule has 0 saturated carbocycles. The maximum absolute atomic E-state index is 13.5. The molecule has 0 aliphatic heterocycles. The van der Waals surface area contributed by atoms with Crippen LogP contribution >= 0.6 is 0 Å². The van der Waals surface area contributed by atoms with Crippen LogP contribution in [0, 0.1) is 5.82 Å². The number of rotatable bonds is 3. The van der Waals surface area contributed by atoms with E-state index in [0.717, 1.165) is 0 Å². The van der Waals surface area contributed by atoms with Gasteiger partial charge < -0.3 is 4.98 Å². The highest BCUT2D eigenvalue weighted by molar-refractivity contribution is 7.92. The lowest BCUT2D eigenvalue weighted by Crippen LogP contribution is -2.12. The Labute approximate surface area is 114 Å². The van der Waals surface area contributed by atoms with Gasteiger partial charge in [0.15, 0.2) is 0 Å².